The molecule has 1 saturated carbocycles. The lowest BCUT2D eigenvalue weighted by Crippen LogP contribution is -2.47. The summed E-state index contributed by atoms with van der Waals surface area (Å²) in [6.45, 7) is 10.2. The van der Waals surface area contributed by atoms with Gasteiger partial charge in [-0.2, -0.15) is 0 Å². The highest BCUT2D eigenvalue weighted by Crippen LogP contribution is 2.43. The molecule has 0 radical (unpaired) electrons. The Balaban J connectivity index is 1.97. The van der Waals surface area contributed by atoms with Crippen molar-refractivity contribution < 1.29 is 0 Å². The Morgan fingerprint density at radius 2 is 1.63 bits per heavy atom. The Bertz CT molecular complexity index is 393. The lowest BCUT2D eigenvalue weighted by atomic mass is 9.65. The molecule has 0 bridgehead atoms. The average Bonchev–Trinajstić information content (AvgIpc) is 2.32. The van der Waals surface area contributed by atoms with Gasteiger partial charge >= 0.3 is 0 Å². The Hall–Kier alpha value is -0.820. The van der Waals surface area contributed by atoms with Gasteiger partial charge in [0, 0.05) is 12.1 Å². The summed E-state index contributed by atoms with van der Waals surface area (Å²) in [6.07, 6.45) is 6.53. The first kappa shape index (κ1) is 14.6. The summed E-state index contributed by atoms with van der Waals surface area (Å²) < 4.78 is 0. The third-order valence-corrected chi connectivity index (χ3v) is 4.42. The predicted molar refractivity (Wildman–Crippen MR) is 83.6 cm³/mol. The van der Waals surface area contributed by atoms with E-state index in [4.69, 9.17) is 0 Å². The van der Waals surface area contributed by atoms with E-state index < -0.39 is 0 Å². The molecule has 1 N–H and O–H groups in total. The minimum atomic E-state index is 0.231. The maximum Gasteiger partial charge on any atom is 0.00967 e. The van der Waals surface area contributed by atoms with E-state index >= 15 is 0 Å². The number of rotatable bonds is 5. The molecule has 0 atom stereocenters. The Morgan fingerprint density at radius 3 is 2.05 bits per heavy atom. The second-order valence-corrected chi connectivity index (χ2v) is 7.30. The van der Waals surface area contributed by atoms with Crippen molar-refractivity contribution in [3.8, 4) is 0 Å². The standard InChI is InChI=1S/C18H29N/c1-5-15-7-9-16(10-8-15)13-18(11-6-12-18)14-19-17(2,3)4/h7-10,19H,5-6,11-14H2,1-4H3. The Morgan fingerprint density at radius 1 is 1.05 bits per heavy atom. The SMILES string of the molecule is CCc1ccc(CC2(CNC(C)(C)C)CCC2)cc1. The first-order valence-electron chi connectivity index (χ1n) is 7.75. The van der Waals surface area contributed by atoms with Crippen LogP contribution in [-0.2, 0) is 12.8 Å². The molecule has 19 heavy (non-hydrogen) atoms. The number of benzene rings is 1. The molecule has 1 nitrogen and oxygen atoms in total. The van der Waals surface area contributed by atoms with Crippen LogP contribution in [0.2, 0.25) is 0 Å². The molecule has 1 fully saturated rings. The van der Waals surface area contributed by atoms with Gasteiger partial charge in [-0.3, -0.25) is 0 Å². The summed E-state index contributed by atoms with van der Waals surface area (Å²) in [4.78, 5) is 0. The van der Waals surface area contributed by atoms with Crippen LogP contribution in [0.1, 0.15) is 58.1 Å². The highest BCUT2D eigenvalue weighted by atomic mass is 15.0. The van der Waals surface area contributed by atoms with Crippen LogP contribution >= 0.6 is 0 Å². The van der Waals surface area contributed by atoms with E-state index in [0.29, 0.717) is 5.41 Å². The van der Waals surface area contributed by atoms with E-state index in [1.807, 2.05) is 0 Å². The van der Waals surface area contributed by atoms with Crippen LogP contribution in [0.5, 0.6) is 0 Å². The lowest BCUT2D eigenvalue weighted by molar-refractivity contribution is 0.118. The van der Waals surface area contributed by atoms with Gasteiger partial charge in [-0.1, -0.05) is 37.6 Å². The highest BCUT2D eigenvalue weighted by molar-refractivity contribution is 5.24. The molecule has 0 aliphatic heterocycles. The number of aryl methyl sites for hydroxylation is 1. The first-order chi connectivity index (χ1) is 8.92. The fourth-order valence-electron chi connectivity index (χ4n) is 2.87. The van der Waals surface area contributed by atoms with Gasteiger partial charge in [-0.15, -0.1) is 0 Å². The molecular formula is C18H29N. The third-order valence-electron chi connectivity index (χ3n) is 4.42. The molecule has 1 aromatic rings. The molecule has 1 aliphatic rings. The zero-order valence-corrected chi connectivity index (χ0v) is 13.1. The molecule has 2 rings (SSSR count). The number of hydrogen-bond acceptors (Lipinski definition) is 1. The molecule has 0 amide bonds. The van der Waals surface area contributed by atoms with Crippen molar-refractivity contribution >= 4 is 0 Å². The molecular weight excluding hydrogens is 230 g/mol. The summed E-state index contributed by atoms with van der Waals surface area (Å²) in [5.41, 5.74) is 3.70. The smallest absolute Gasteiger partial charge is 0.00967 e. The van der Waals surface area contributed by atoms with Gasteiger partial charge in [0.1, 0.15) is 0 Å². The van der Waals surface area contributed by atoms with Crippen molar-refractivity contribution in [2.45, 2.75) is 65.3 Å². The lowest BCUT2D eigenvalue weighted by Gasteiger charge is -2.44. The van der Waals surface area contributed by atoms with Crippen molar-refractivity contribution in [3.63, 3.8) is 0 Å². The van der Waals surface area contributed by atoms with E-state index in [9.17, 15) is 0 Å². The van der Waals surface area contributed by atoms with E-state index in [2.05, 4.69) is 57.3 Å². The molecule has 0 saturated heterocycles. The average molecular weight is 259 g/mol. The second kappa shape index (κ2) is 5.66. The number of hydrogen-bond donors (Lipinski definition) is 1. The van der Waals surface area contributed by atoms with Crippen LogP contribution in [0.3, 0.4) is 0 Å². The molecule has 106 valence electrons. The Kier molecular flexibility index (Phi) is 4.35. The normalized spacial score (nSPS) is 18.1. The summed E-state index contributed by atoms with van der Waals surface area (Å²) in [5.74, 6) is 0. The minimum Gasteiger partial charge on any atom is -0.312 e. The van der Waals surface area contributed by atoms with Crippen LogP contribution in [0.4, 0.5) is 0 Å². The van der Waals surface area contributed by atoms with E-state index in [1.54, 1.807) is 0 Å². The molecule has 0 spiro atoms. The molecule has 1 aromatic carbocycles. The van der Waals surface area contributed by atoms with Crippen LogP contribution < -0.4 is 5.32 Å². The van der Waals surface area contributed by atoms with Crippen molar-refractivity contribution in [2.75, 3.05) is 6.54 Å². The van der Waals surface area contributed by atoms with Crippen molar-refractivity contribution in [1.82, 2.24) is 5.32 Å². The number of nitrogens with one attached hydrogen (secondary N) is 1. The molecule has 0 heterocycles. The fraction of sp³-hybridized carbons (Fsp3) is 0.667. The second-order valence-electron chi connectivity index (χ2n) is 7.30. The fourth-order valence-corrected chi connectivity index (χ4v) is 2.87. The van der Waals surface area contributed by atoms with Crippen LogP contribution in [0.15, 0.2) is 24.3 Å². The van der Waals surface area contributed by atoms with Gasteiger partial charge in [-0.05, 0) is 63.0 Å². The van der Waals surface area contributed by atoms with Crippen LogP contribution in [0, 0.1) is 5.41 Å². The zero-order chi connectivity index (χ0) is 13.9. The van der Waals surface area contributed by atoms with Gasteiger partial charge in [0.2, 0.25) is 0 Å². The summed E-state index contributed by atoms with van der Waals surface area (Å²) in [7, 11) is 0. The van der Waals surface area contributed by atoms with Crippen molar-refractivity contribution in [3.05, 3.63) is 35.4 Å². The van der Waals surface area contributed by atoms with E-state index in [0.717, 1.165) is 13.0 Å². The van der Waals surface area contributed by atoms with Gasteiger partial charge < -0.3 is 5.32 Å². The maximum absolute atomic E-state index is 3.71. The monoisotopic (exact) mass is 259 g/mol. The predicted octanol–water partition coefficient (Wildman–Crippen LogP) is 4.35. The molecule has 0 unspecified atom stereocenters. The summed E-state index contributed by atoms with van der Waals surface area (Å²) in [5, 5.41) is 3.71. The van der Waals surface area contributed by atoms with Gasteiger partial charge in [-0.25, -0.2) is 0 Å². The quantitative estimate of drug-likeness (QED) is 0.829. The maximum atomic E-state index is 3.71. The summed E-state index contributed by atoms with van der Waals surface area (Å²) >= 11 is 0. The molecule has 0 aromatic heterocycles. The minimum absolute atomic E-state index is 0.231. The van der Waals surface area contributed by atoms with Crippen LogP contribution in [-0.4, -0.2) is 12.1 Å². The zero-order valence-electron chi connectivity index (χ0n) is 13.1. The topological polar surface area (TPSA) is 12.0 Å². The van der Waals surface area contributed by atoms with Gasteiger partial charge in [0.15, 0.2) is 0 Å². The molecule has 1 aliphatic carbocycles. The highest BCUT2D eigenvalue weighted by Gasteiger charge is 2.37. The van der Waals surface area contributed by atoms with Gasteiger partial charge in [0.25, 0.3) is 0 Å². The van der Waals surface area contributed by atoms with E-state index in [-0.39, 0.29) is 5.54 Å². The van der Waals surface area contributed by atoms with Crippen LogP contribution in [0.25, 0.3) is 0 Å². The van der Waals surface area contributed by atoms with E-state index in [1.165, 1.54) is 36.8 Å². The summed E-state index contributed by atoms with van der Waals surface area (Å²) in [6, 6.07) is 9.24. The third kappa shape index (κ3) is 4.07. The Labute approximate surface area is 118 Å². The van der Waals surface area contributed by atoms with Crippen molar-refractivity contribution in [2.24, 2.45) is 5.41 Å². The largest absolute Gasteiger partial charge is 0.312 e. The van der Waals surface area contributed by atoms with Crippen molar-refractivity contribution in [1.29, 1.82) is 0 Å². The molecule has 1 heteroatoms. The van der Waals surface area contributed by atoms with Gasteiger partial charge in [0.05, 0.1) is 0 Å². The first-order valence-corrected chi connectivity index (χ1v) is 7.75.